The van der Waals surface area contributed by atoms with Crippen LogP contribution in [0, 0.1) is 11.6 Å². The first-order chi connectivity index (χ1) is 6.66. The minimum atomic E-state index is -0.964. The molecule has 1 aromatic carbocycles. The van der Waals surface area contributed by atoms with E-state index < -0.39 is 11.6 Å². The van der Waals surface area contributed by atoms with E-state index in [1.54, 1.807) is 0 Å². The predicted octanol–water partition coefficient (Wildman–Crippen LogP) is 2.50. The van der Waals surface area contributed by atoms with Gasteiger partial charge < -0.3 is 9.47 Å². The summed E-state index contributed by atoms with van der Waals surface area (Å²) in [5.41, 5.74) is 0. The van der Waals surface area contributed by atoms with Crippen LogP contribution in [0.25, 0.3) is 0 Å². The van der Waals surface area contributed by atoms with E-state index in [9.17, 15) is 8.78 Å². The topological polar surface area (TPSA) is 21.8 Å². The van der Waals surface area contributed by atoms with Gasteiger partial charge in [0.15, 0.2) is 11.6 Å². The van der Waals surface area contributed by atoms with Crippen LogP contribution in [0.3, 0.4) is 0 Å². The van der Waals surface area contributed by atoms with Crippen molar-refractivity contribution in [3.63, 3.8) is 0 Å². The van der Waals surface area contributed by atoms with Crippen LogP contribution in [-0.2, 0) is 4.74 Å². The summed E-state index contributed by atoms with van der Waals surface area (Å²) in [4.78, 5) is 0. The van der Waals surface area contributed by atoms with Crippen molar-refractivity contribution in [1.29, 1.82) is 0 Å². The molecule has 0 N–H and O–H groups in total. The van der Waals surface area contributed by atoms with Crippen molar-refractivity contribution in [2.45, 2.75) is 6.10 Å². The molecule has 14 heavy (non-hydrogen) atoms. The lowest BCUT2D eigenvalue weighted by molar-refractivity contribution is 0.250. The van der Waals surface area contributed by atoms with Gasteiger partial charge >= 0.3 is 0 Å². The molecule has 1 saturated heterocycles. The first-order valence-electron chi connectivity index (χ1n) is 4.06. The maximum Gasteiger partial charge on any atom is 0.200 e. The molecule has 0 aliphatic carbocycles. The van der Waals surface area contributed by atoms with Crippen LogP contribution in [-0.4, -0.2) is 19.3 Å². The third-order valence-electron chi connectivity index (χ3n) is 1.79. The highest BCUT2D eigenvalue weighted by Gasteiger charge is 2.24. The van der Waals surface area contributed by atoms with Crippen LogP contribution in [0.4, 0.5) is 8.78 Å². The number of rotatable bonds is 3. The maximum atomic E-state index is 13.1. The zero-order valence-electron chi connectivity index (χ0n) is 7.10. The second-order valence-electron chi connectivity index (χ2n) is 2.97. The van der Waals surface area contributed by atoms with Crippen LogP contribution in [0.5, 0.6) is 5.75 Å². The summed E-state index contributed by atoms with van der Waals surface area (Å²) in [7, 11) is 0. The molecule has 5 heteroatoms. The third kappa shape index (κ3) is 2.22. The van der Waals surface area contributed by atoms with Crippen molar-refractivity contribution in [3.05, 3.63) is 28.2 Å². The van der Waals surface area contributed by atoms with Gasteiger partial charge in [0.2, 0.25) is 5.82 Å². The van der Waals surface area contributed by atoms with Gasteiger partial charge in [-0.15, -0.1) is 0 Å². The zero-order chi connectivity index (χ0) is 10.1. The van der Waals surface area contributed by atoms with Crippen molar-refractivity contribution in [2.24, 2.45) is 0 Å². The Morgan fingerprint density at radius 3 is 2.86 bits per heavy atom. The molecule has 1 atom stereocenters. The van der Waals surface area contributed by atoms with Crippen LogP contribution in [0.2, 0.25) is 0 Å². The molecule has 76 valence electrons. The van der Waals surface area contributed by atoms with E-state index in [1.807, 2.05) is 0 Å². The van der Waals surface area contributed by atoms with Gasteiger partial charge in [0.25, 0.3) is 0 Å². The van der Waals surface area contributed by atoms with Crippen LogP contribution >= 0.6 is 15.9 Å². The molecular weight excluding hydrogens is 258 g/mol. The number of benzene rings is 1. The van der Waals surface area contributed by atoms with Crippen LogP contribution in [0.1, 0.15) is 0 Å². The fourth-order valence-electron chi connectivity index (χ4n) is 0.984. The van der Waals surface area contributed by atoms with Crippen molar-refractivity contribution >= 4 is 15.9 Å². The van der Waals surface area contributed by atoms with Crippen LogP contribution < -0.4 is 4.74 Å². The molecule has 2 rings (SSSR count). The molecule has 1 aromatic rings. The Morgan fingerprint density at radius 1 is 1.50 bits per heavy atom. The van der Waals surface area contributed by atoms with E-state index in [0.29, 0.717) is 11.1 Å². The SMILES string of the molecule is Fc1cc(Br)cc(OC[C@@H]2CO2)c1F. The highest BCUT2D eigenvalue weighted by atomic mass is 79.9. The first kappa shape index (κ1) is 9.86. The molecule has 1 fully saturated rings. The molecule has 2 nitrogen and oxygen atoms in total. The number of halogens is 3. The van der Waals surface area contributed by atoms with E-state index in [-0.39, 0.29) is 18.5 Å². The Bertz CT molecular complexity index is 353. The van der Waals surface area contributed by atoms with E-state index in [0.717, 1.165) is 6.07 Å². The minimum absolute atomic E-state index is 0.0245. The standard InChI is InChI=1S/C9H7BrF2O2/c10-5-1-7(11)9(12)8(2-5)14-4-6-3-13-6/h1-2,6H,3-4H2/t6-/m0/s1. The fraction of sp³-hybridized carbons (Fsp3) is 0.333. The highest BCUT2D eigenvalue weighted by Crippen LogP contribution is 2.26. The average molecular weight is 265 g/mol. The Hall–Kier alpha value is -0.680. The summed E-state index contributed by atoms with van der Waals surface area (Å²) in [5, 5.41) is 0. The summed E-state index contributed by atoms with van der Waals surface area (Å²) >= 11 is 3.05. The molecule has 0 spiro atoms. The van der Waals surface area contributed by atoms with E-state index in [1.165, 1.54) is 6.07 Å². The fourth-order valence-corrected chi connectivity index (χ4v) is 1.39. The zero-order valence-corrected chi connectivity index (χ0v) is 8.68. The second kappa shape index (κ2) is 3.82. The normalized spacial score (nSPS) is 19.5. The Labute approximate surface area is 87.9 Å². The summed E-state index contributed by atoms with van der Waals surface area (Å²) in [6.45, 7) is 0.880. The Balaban J connectivity index is 2.13. The molecular formula is C9H7BrF2O2. The molecule has 0 saturated carbocycles. The average Bonchev–Trinajstić information content (AvgIpc) is 2.92. The molecule has 1 heterocycles. The van der Waals surface area contributed by atoms with Gasteiger partial charge in [-0.3, -0.25) is 0 Å². The molecule has 0 bridgehead atoms. The summed E-state index contributed by atoms with van der Waals surface area (Å²) < 4.78 is 36.3. The van der Waals surface area contributed by atoms with Gasteiger partial charge in [0.05, 0.1) is 6.61 Å². The van der Waals surface area contributed by atoms with Gasteiger partial charge in [-0.25, -0.2) is 4.39 Å². The van der Waals surface area contributed by atoms with Gasteiger partial charge in [0, 0.05) is 4.47 Å². The smallest absolute Gasteiger partial charge is 0.200 e. The Morgan fingerprint density at radius 2 is 2.21 bits per heavy atom. The molecule has 0 unspecified atom stereocenters. The van der Waals surface area contributed by atoms with E-state index in [2.05, 4.69) is 15.9 Å². The summed E-state index contributed by atoms with van der Waals surface area (Å²) in [6.07, 6.45) is 0.0245. The quantitative estimate of drug-likeness (QED) is 0.618. The molecule has 0 aromatic heterocycles. The number of hydrogen-bond acceptors (Lipinski definition) is 2. The Kier molecular flexibility index (Phi) is 2.69. The van der Waals surface area contributed by atoms with Gasteiger partial charge in [-0.2, -0.15) is 4.39 Å². The van der Waals surface area contributed by atoms with Crippen LogP contribution in [0.15, 0.2) is 16.6 Å². The molecule has 0 amide bonds. The number of ether oxygens (including phenoxy) is 2. The predicted molar refractivity (Wildman–Crippen MR) is 49.3 cm³/mol. The summed E-state index contributed by atoms with van der Waals surface area (Å²) in [6, 6.07) is 2.44. The molecule has 0 radical (unpaired) electrons. The largest absolute Gasteiger partial charge is 0.488 e. The summed E-state index contributed by atoms with van der Waals surface area (Å²) in [5.74, 6) is -1.98. The maximum absolute atomic E-state index is 13.1. The van der Waals surface area contributed by atoms with Gasteiger partial charge in [-0.05, 0) is 12.1 Å². The van der Waals surface area contributed by atoms with Gasteiger partial charge in [0.1, 0.15) is 12.7 Å². The monoisotopic (exact) mass is 264 g/mol. The number of epoxide rings is 1. The van der Waals surface area contributed by atoms with Crippen molar-refractivity contribution in [3.8, 4) is 5.75 Å². The minimum Gasteiger partial charge on any atom is -0.488 e. The van der Waals surface area contributed by atoms with E-state index in [4.69, 9.17) is 9.47 Å². The van der Waals surface area contributed by atoms with Crippen molar-refractivity contribution in [2.75, 3.05) is 13.2 Å². The van der Waals surface area contributed by atoms with E-state index >= 15 is 0 Å². The van der Waals surface area contributed by atoms with Crippen molar-refractivity contribution < 1.29 is 18.3 Å². The second-order valence-corrected chi connectivity index (χ2v) is 3.88. The molecule has 1 aliphatic heterocycles. The first-order valence-corrected chi connectivity index (χ1v) is 4.85. The lowest BCUT2D eigenvalue weighted by Gasteiger charge is -2.06. The third-order valence-corrected chi connectivity index (χ3v) is 2.24. The lowest BCUT2D eigenvalue weighted by Crippen LogP contribution is -2.06. The number of hydrogen-bond donors (Lipinski definition) is 0. The lowest BCUT2D eigenvalue weighted by atomic mass is 10.3. The highest BCUT2D eigenvalue weighted by molar-refractivity contribution is 9.10. The molecule has 1 aliphatic rings. The van der Waals surface area contributed by atoms with Crippen molar-refractivity contribution in [1.82, 2.24) is 0 Å². The van der Waals surface area contributed by atoms with Gasteiger partial charge in [-0.1, -0.05) is 15.9 Å².